The van der Waals surface area contributed by atoms with E-state index in [0.29, 0.717) is 24.9 Å². The van der Waals surface area contributed by atoms with Crippen molar-refractivity contribution in [3.8, 4) is 0 Å². The maximum Gasteiger partial charge on any atom is 0.317 e. The van der Waals surface area contributed by atoms with Gasteiger partial charge in [0.1, 0.15) is 0 Å². The lowest BCUT2D eigenvalue weighted by atomic mass is 9.90. The van der Waals surface area contributed by atoms with E-state index >= 15 is 0 Å². The lowest BCUT2D eigenvalue weighted by Gasteiger charge is -2.25. The number of fused-ring (bicyclic) bond motifs is 1. The quantitative estimate of drug-likeness (QED) is 0.820. The van der Waals surface area contributed by atoms with Crippen molar-refractivity contribution >= 4 is 12.0 Å². The molecule has 1 heterocycles. The second-order valence-electron chi connectivity index (χ2n) is 6.41. The molecule has 1 aliphatic heterocycles. The molecule has 1 saturated carbocycles. The number of carboxylic acids is 1. The summed E-state index contributed by atoms with van der Waals surface area (Å²) in [5.74, 6) is -0.125. The average molecular weight is 268 g/mol. The fourth-order valence-electron chi connectivity index (χ4n) is 3.18. The van der Waals surface area contributed by atoms with Crippen molar-refractivity contribution in [2.45, 2.75) is 52.0 Å². The van der Waals surface area contributed by atoms with Gasteiger partial charge in [-0.1, -0.05) is 6.42 Å². The van der Waals surface area contributed by atoms with Crippen LogP contribution in [0.1, 0.15) is 46.0 Å². The minimum absolute atomic E-state index is 0.0180. The van der Waals surface area contributed by atoms with Gasteiger partial charge in [0.05, 0.1) is 5.41 Å². The van der Waals surface area contributed by atoms with Crippen molar-refractivity contribution in [1.82, 2.24) is 10.2 Å². The highest BCUT2D eigenvalue weighted by Gasteiger charge is 2.39. The van der Waals surface area contributed by atoms with Crippen LogP contribution in [0.25, 0.3) is 0 Å². The van der Waals surface area contributed by atoms with Crippen LogP contribution in [0.2, 0.25) is 0 Å². The van der Waals surface area contributed by atoms with E-state index in [-0.39, 0.29) is 6.03 Å². The number of likely N-dealkylation sites (tertiary alicyclic amines) is 1. The number of nitrogens with one attached hydrogen (secondary N) is 1. The summed E-state index contributed by atoms with van der Waals surface area (Å²) in [6.07, 6.45) is 5.18. The highest BCUT2D eigenvalue weighted by atomic mass is 16.4. The topological polar surface area (TPSA) is 69.6 Å². The van der Waals surface area contributed by atoms with E-state index < -0.39 is 11.4 Å². The summed E-state index contributed by atoms with van der Waals surface area (Å²) in [5, 5.41) is 11.9. The zero-order chi connectivity index (χ0) is 14.0. The molecule has 108 valence electrons. The number of aliphatic carboxylic acids is 1. The van der Waals surface area contributed by atoms with Crippen LogP contribution in [-0.2, 0) is 4.79 Å². The zero-order valence-corrected chi connectivity index (χ0v) is 11.8. The van der Waals surface area contributed by atoms with Crippen molar-refractivity contribution in [2.75, 3.05) is 13.1 Å². The first-order valence-corrected chi connectivity index (χ1v) is 7.20. The molecule has 0 aromatic carbocycles. The van der Waals surface area contributed by atoms with Crippen LogP contribution in [-0.4, -0.2) is 41.1 Å². The van der Waals surface area contributed by atoms with Gasteiger partial charge in [-0.15, -0.1) is 0 Å². The number of amides is 2. The SMILES string of the molecule is CC(C)(CCNC(=O)N1CCC2CCCC21)C(=O)O. The molecule has 2 N–H and O–H groups in total. The smallest absolute Gasteiger partial charge is 0.317 e. The van der Waals surface area contributed by atoms with Crippen LogP contribution in [0, 0.1) is 11.3 Å². The second-order valence-corrected chi connectivity index (χ2v) is 6.41. The summed E-state index contributed by atoms with van der Waals surface area (Å²) in [5.41, 5.74) is -0.784. The van der Waals surface area contributed by atoms with E-state index in [2.05, 4.69) is 5.32 Å². The Morgan fingerprint density at radius 2 is 2.05 bits per heavy atom. The third kappa shape index (κ3) is 3.01. The Balaban J connectivity index is 1.77. The minimum Gasteiger partial charge on any atom is -0.481 e. The summed E-state index contributed by atoms with van der Waals surface area (Å²) in [6, 6.07) is 0.406. The minimum atomic E-state index is -0.821. The van der Waals surface area contributed by atoms with E-state index in [1.807, 2.05) is 4.90 Å². The Morgan fingerprint density at radius 1 is 1.32 bits per heavy atom. The Bertz CT molecular complexity index is 368. The lowest BCUT2D eigenvalue weighted by molar-refractivity contribution is -0.147. The lowest BCUT2D eigenvalue weighted by Crippen LogP contribution is -2.44. The fourth-order valence-corrected chi connectivity index (χ4v) is 3.18. The standard InChI is InChI=1S/C14H24N2O3/c1-14(2,12(17)18)7-8-15-13(19)16-9-6-10-4-3-5-11(10)16/h10-11H,3-9H2,1-2H3,(H,15,19)(H,17,18). The second kappa shape index (κ2) is 5.39. The molecule has 0 spiro atoms. The molecule has 2 rings (SSSR count). The number of carbonyl (C=O) groups excluding carboxylic acids is 1. The summed E-state index contributed by atoms with van der Waals surface area (Å²) >= 11 is 0. The normalized spacial score (nSPS) is 26.3. The van der Waals surface area contributed by atoms with E-state index in [1.165, 1.54) is 12.8 Å². The predicted molar refractivity (Wildman–Crippen MR) is 71.9 cm³/mol. The molecular formula is C14H24N2O3. The average Bonchev–Trinajstić information content (AvgIpc) is 2.89. The number of hydrogen-bond acceptors (Lipinski definition) is 2. The van der Waals surface area contributed by atoms with Crippen molar-refractivity contribution in [3.63, 3.8) is 0 Å². The summed E-state index contributed by atoms with van der Waals surface area (Å²) in [6.45, 7) is 4.64. The van der Waals surface area contributed by atoms with E-state index in [4.69, 9.17) is 5.11 Å². The third-order valence-corrected chi connectivity index (χ3v) is 4.63. The largest absolute Gasteiger partial charge is 0.481 e. The van der Waals surface area contributed by atoms with E-state index in [0.717, 1.165) is 19.4 Å². The van der Waals surface area contributed by atoms with Gasteiger partial charge in [0.15, 0.2) is 0 Å². The molecule has 0 radical (unpaired) electrons. The van der Waals surface area contributed by atoms with Gasteiger partial charge >= 0.3 is 12.0 Å². The highest BCUT2D eigenvalue weighted by Crippen LogP contribution is 2.37. The number of urea groups is 1. The van der Waals surface area contributed by atoms with Crippen molar-refractivity contribution in [3.05, 3.63) is 0 Å². The monoisotopic (exact) mass is 268 g/mol. The van der Waals surface area contributed by atoms with Gasteiger partial charge in [-0.2, -0.15) is 0 Å². The van der Waals surface area contributed by atoms with E-state index in [1.54, 1.807) is 13.8 Å². The highest BCUT2D eigenvalue weighted by molar-refractivity contribution is 5.75. The molecule has 2 unspecified atom stereocenters. The number of nitrogens with zero attached hydrogens (tertiary/aromatic N) is 1. The first-order valence-electron chi connectivity index (χ1n) is 7.20. The van der Waals surface area contributed by atoms with Gasteiger partial charge in [0.2, 0.25) is 0 Å². The molecule has 0 aromatic rings. The Labute approximate surface area is 114 Å². The molecule has 2 fully saturated rings. The van der Waals surface area contributed by atoms with E-state index in [9.17, 15) is 9.59 Å². The van der Waals surface area contributed by atoms with Crippen LogP contribution in [0.15, 0.2) is 0 Å². The third-order valence-electron chi connectivity index (χ3n) is 4.63. The number of carboxylic acid groups (broad SMARTS) is 1. The Hall–Kier alpha value is -1.26. The molecule has 0 aromatic heterocycles. The van der Waals surface area contributed by atoms with Crippen LogP contribution < -0.4 is 5.32 Å². The van der Waals surface area contributed by atoms with Gasteiger partial charge in [0.25, 0.3) is 0 Å². The van der Waals surface area contributed by atoms with Gasteiger partial charge in [-0.25, -0.2) is 4.79 Å². The number of rotatable bonds is 4. The molecule has 1 saturated heterocycles. The van der Waals surface area contributed by atoms with Crippen molar-refractivity contribution in [2.24, 2.45) is 11.3 Å². The van der Waals surface area contributed by atoms with Crippen molar-refractivity contribution < 1.29 is 14.7 Å². The Kier molecular flexibility index (Phi) is 4.02. The predicted octanol–water partition coefficient (Wildman–Crippen LogP) is 2.07. The van der Waals surface area contributed by atoms with Crippen LogP contribution in [0.3, 0.4) is 0 Å². The summed E-state index contributed by atoms with van der Waals surface area (Å²) < 4.78 is 0. The number of hydrogen-bond donors (Lipinski definition) is 2. The van der Waals surface area contributed by atoms with Crippen LogP contribution in [0.5, 0.6) is 0 Å². The summed E-state index contributed by atoms with van der Waals surface area (Å²) in [7, 11) is 0. The molecular weight excluding hydrogens is 244 g/mol. The fraction of sp³-hybridized carbons (Fsp3) is 0.857. The molecule has 0 bridgehead atoms. The van der Waals surface area contributed by atoms with Gasteiger partial charge in [-0.3, -0.25) is 4.79 Å². The van der Waals surface area contributed by atoms with Gasteiger partial charge in [0, 0.05) is 19.1 Å². The molecule has 1 aliphatic carbocycles. The maximum absolute atomic E-state index is 12.1. The maximum atomic E-state index is 12.1. The zero-order valence-electron chi connectivity index (χ0n) is 11.8. The van der Waals surface area contributed by atoms with Crippen LogP contribution in [0.4, 0.5) is 4.79 Å². The molecule has 5 heteroatoms. The first-order chi connectivity index (χ1) is 8.92. The number of carbonyl (C=O) groups is 2. The Morgan fingerprint density at radius 3 is 2.74 bits per heavy atom. The first kappa shape index (κ1) is 14.2. The summed E-state index contributed by atoms with van der Waals surface area (Å²) in [4.78, 5) is 25.0. The van der Waals surface area contributed by atoms with Gasteiger partial charge in [-0.05, 0) is 45.4 Å². The van der Waals surface area contributed by atoms with Crippen LogP contribution >= 0.6 is 0 Å². The molecule has 2 atom stereocenters. The van der Waals surface area contributed by atoms with Gasteiger partial charge < -0.3 is 15.3 Å². The molecule has 2 amide bonds. The van der Waals surface area contributed by atoms with Crippen molar-refractivity contribution in [1.29, 1.82) is 0 Å². The molecule has 19 heavy (non-hydrogen) atoms. The molecule has 2 aliphatic rings. The molecule has 5 nitrogen and oxygen atoms in total.